The van der Waals surface area contributed by atoms with Crippen molar-refractivity contribution in [2.75, 3.05) is 18.5 Å². The molecule has 0 spiro atoms. The van der Waals surface area contributed by atoms with Gasteiger partial charge in [-0.2, -0.15) is 0 Å². The van der Waals surface area contributed by atoms with Crippen LogP contribution in [0.1, 0.15) is 18.9 Å². The normalized spacial score (nSPS) is 10.4. The highest BCUT2D eigenvalue weighted by atomic mass is 16.5. The second kappa shape index (κ2) is 8.79. The van der Waals surface area contributed by atoms with Gasteiger partial charge in [0, 0.05) is 5.69 Å². The van der Waals surface area contributed by atoms with Crippen LogP contribution in [-0.4, -0.2) is 39.3 Å². The maximum absolute atomic E-state index is 12.2. The number of aryl methyl sites for hydroxylation is 1. The minimum atomic E-state index is -0.257. The summed E-state index contributed by atoms with van der Waals surface area (Å²) in [5, 5.41) is 14.0. The Labute approximate surface area is 157 Å². The summed E-state index contributed by atoms with van der Waals surface area (Å²) in [6.07, 6.45) is 2.46. The topological polar surface area (TPSA) is 91.2 Å². The Morgan fingerprint density at radius 2 is 1.85 bits per heavy atom. The van der Waals surface area contributed by atoms with E-state index in [1.807, 2.05) is 37.3 Å². The molecule has 0 aliphatic rings. The molecule has 3 aromatic rings. The Bertz CT molecular complexity index is 879. The molecule has 0 bridgehead atoms. The Morgan fingerprint density at radius 3 is 2.52 bits per heavy atom. The molecule has 0 atom stereocenters. The monoisotopic (exact) mass is 367 g/mol. The van der Waals surface area contributed by atoms with Gasteiger partial charge in [0.15, 0.2) is 6.61 Å². The number of nitrogens with one attached hydrogen (secondary N) is 1. The summed E-state index contributed by atoms with van der Waals surface area (Å²) < 4.78 is 12.6. The highest BCUT2D eigenvalue weighted by Crippen LogP contribution is 2.19. The van der Waals surface area contributed by atoms with E-state index in [1.165, 1.54) is 6.33 Å². The number of hydrogen-bond acceptors (Lipinski definition) is 6. The van der Waals surface area contributed by atoms with Crippen LogP contribution < -0.4 is 14.8 Å². The lowest BCUT2D eigenvalue weighted by molar-refractivity contribution is -0.118. The Kier molecular flexibility index (Phi) is 5.98. The van der Waals surface area contributed by atoms with E-state index in [2.05, 4.69) is 27.8 Å². The van der Waals surface area contributed by atoms with Crippen LogP contribution in [0.4, 0.5) is 5.69 Å². The average molecular weight is 367 g/mol. The molecule has 0 aliphatic heterocycles. The van der Waals surface area contributed by atoms with Gasteiger partial charge >= 0.3 is 0 Å². The predicted octanol–water partition coefficient (Wildman–Crippen LogP) is 2.78. The highest BCUT2D eigenvalue weighted by molar-refractivity contribution is 5.92. The molecule has 0 saturated carbocycles. The molecule has 0 fully saturated rings. The number of hydrogen-bond donors (Lipinski definition) is 1. The van der Waals surface area contributed by atoms with E-state index in [-0.39, 0.29) is 12.5 Å². The maximum Gasteiger partial charge on any atom is 0.262 e. The van der Waals surface area contributed by atoms with Crippen LogP contribution in [0.15, 0.2) is 48.8 Å². The fourth-order valence-electron chi connectivity index (χ4n) is 2.40. The Balaban J connectivity index is 1.56. The molecule has 1 amide bonds. The maximum atomic E-state index is 12.2. The molecular weight excluding hydrogens is 346 g/mol. The van der Waals surface area contributed by atoms with Crippen molar-refractivity contribution in [3.8, 4) is 17.2 Å². The summed E-state index contributed by atoms with van der Waals surface area (Å²) >= 11 is 0. The van der Waals surface area contributed by atoms with Crippen molar-refractivity contribution in [3.05, 3.63) is 54.4 Å². The van der Waals surface area contributed by atoms with Crippen molar-refractivity contribution in [1.29, 1.82) is 0 Å². The third-order valence-corrected chi connectivity index (χ3v) is 3.76. The number of nitrogens with zero attached hydrogens (tertiary/aromatic N) is 4. The molecule has 0 radical (unpaired) electrons. The minimum absolute atomic E-state index is 0.0940. The third kappa shape index (κ3) is 5.04. The van der Waals surface area contributed by atoms with Crippen LogP contribution in [0.3, 0.4) is 0 Å². The smallest absolute Gasteiger partial charge is 0.262 e. The van der Waals surface area contributed by atoms with Crippen LogP contribution in [0.25, 0.3) is 5.69 Å². The van der Waals surface area contributed by atoms with Crippen LogP contribution in [0, 0.1) is 6.92 Å². The highest BCUT2D eigenvalue weighted by Gasteiger charge is 2.08. The van der Waals surface area contributed by atoms with Gasteiger partial charge in [-0.15, -0.1) is 5.10 Å². The van der Waals surface area contributed by atoms with Gasteiger partial charge in [-0.05, 0) is 65.7 Å². The summed E-state index contributed by atoms with van der Waals surface area (Å²) in [6.45, 7) is 4.57. The first-order chi connectivity index (χ1) is 13.2. The van der Waals surface area contributed by atoms with Gasteiger partial charge in [-0.25, -0.2) is 4.68 Å². The van der Waals surface area contributed by atoms with Crippen molar-refractivity contribution < 1.29 is 14.3 Å². The first-order valence-electron chi connectivity index (χ1n) is 8.65. The fraction of sp³-hybridized carbons (Fsp3) is 0.263. The molecule has 8 nitrogen and oxygen atoms in total. The van der Waals surface area contributed by atoms with Crippen molar-refractivity contribution in [2.45, 2.75) is 20.3 Å². The number of aromatic nitrogens is 4. The zero-order valence-corrected chi connectivity index (χ0v) is 15.3. The van der Waals surface area contributed by atoms with Gasteiger partial charge in [-0.1, -0.05) is 13.0 Å². The quantitative estimate of drug-likeness (QED) is 0.658. The van der Waals surface area contributed by atoms with Crippen LogP contribution in [0.5, 0.6) is 11.5 Å². The standard InChI is InChI=1S/C19H21N5O3/c1-3-10-26-16-6-8-17(9-7-16)27-12-19(25)21-15-5-4-14(2)18(11-15)24-13-20-22-23-24/h4-9,11,13H,3,10,12H2,1-2H3,(H,21,25). The Hall–Kier alpha value is -3.42. The van der Waals surface area contributed by atoms with Crippen LogP contribution in [-0.2, 0) is 4.79 Å². The summed E-state index contributed by atoms with van der Waals surface area (Å²) in [5.74, 6) is 1.13. The molecule has 1 aromatic heterocycles. The molecule has 27 heavy (non-hydrogen) atoms. The van der Waals surface area contributed by atoms with Crippen molar-refractivity contribution in [2.24, 2.45) is 0 Å². The SMILES string of the molecule is CCCOc1ccc(OCC(=O)Nc2ccc(C)c(-n3cnnn3)c2)cc1. The summed E-state index contributed by atoms with van der Waals surface area (Å²) in [7, 11) is 0. The van der Waals surface area contributed by atoms with Gasteiger partial charge in [0.1, 0.15) is 17.8 Å². The second-order valence-electron chi connectivity index (χ2n) is 5.91. The van der Waals surface area contributed by atoms with Gasteiger partial charge < -0.3 is 14.8 Å². The zero-order chi connectivity index (χ0) is 19.1. The number of amides is 1. The van der Waals surface area contributed by atoms with Crippen molar-refractivity contribution >= 4 is 11.6 Å². The van der Waals surface area contributed by atoms with Gasteiger partial charge in [-0.3, -0.25) is 4.79 Å². The first-order valence-corrected chi connectivity index (χ1v) is 8.65. The second-order valence-corrected chi connectivity index (χ2v) is 5.91. The van der Waals surface area contributed by atoms with E-state index in [0.29, 0.717) is 18.0 Å². The van der Waals surface area contributed by atoms with E-state index in [0.717, 1.165) is 23.4 Å². The van der Waals surface area contributed by atoms with Gasteiger partial charge in [0.25, 0.3) is 5.91 Å². The third-order valence-electron chi connectivity index (χ3n) is 3.76. The molecule has 140 valence electrons. The average Bonchev–Trinajstić information content (AvgIpc) is 3.21. The molecular formula is C19H21N5O3. The number of ether oxygens (including phenoxy) is 2. The molecule has 2 aromatic carbocycles. The molecule has 8 heteroatoms. The van der Waals surface area contributed by atoms with E-state index >= 15 is 0 Å². The molecule has 1 heterocycles. The first kappa shape index (κ1) is 18.4. The summed E-state index contributed by atoms with van der Waals surface area (Å²) in [4.78, 5) is 12.2. The van der Waals surface area contributed by atoms with Crippen molar-refractivity contribution in [3.63, 3.8) is 0 Å². The van der Waals surface area contributed by atoms with Crippen molar-refractivity contribution in [1.82, 2.24) is 20.2 Å². The fourth-order valence-corrected chi connectivity index (χ4v) is 2.40. The molecule has 0 aliphatic carbocycles. The zero-order valence-electron chi connectivity index (χ0n) is 15.3. The van der Waals surface area contributed by atoms with E-state index in [9.17, 15) is 4.79 Å². The van der Waals surface area contributed by atoms with E-state index in [1.54, 1.807) is 16.8 Å². The number of carbonyl (C=O) groups is 1. The number of tetrazole rings is 1. The number of carbonyl (C=O) groups excluding carboxylic acids is 1. The number of benzene rings is 2. The predicted molar refractivity (Wildman–Crippen MR) is 100 cm³/mol. The number of anilines is 1. The number of rotatable bonds is 8. The van der Waals surface area contributed by atoms with Gasteiger partial charge in [0.2, 0.25) is 0 Å². The lowest BCUT2D eigenvalue weighted by Gasteiger charge is -2.11. The van der Waals surface area contributed by atoms with Crippen LogP contribution >= 0.6 is 0 Å². The molecule has 0 saturated heterocycles. The Morgan fingerprint density at radius 1 is 1.11 bits per heavy atom. The molecule has 0 unspecified atom stereocenters. The largest absolute Gasteiger partial charge is 0.494 e. The van der Waals surface area contributed by atoms with Crippen LogP contribution in [0.2, 0.25) is 0 Å². The van der Waals surface area contributed by atoms with E-state index in [4.69, 9.17) is 9.47 Å². The summed E-state index contributed by atoms with van der Waals surface area (Å²) in [5.41, 5.74) is 2.42. The minimum Gasteiger partial charge on any atom is -0.494 e. The lowest BCUT2D eigenvalue weighted by atomic mass is 10.2. The van der Waals surface area contributed by atoms with Gasteiger partial charge in [0.05, 0.1) is 12.3 Å². The summed E-state index contributed by atoms with van der Waals surface area (Å²) in [6, 6.07) is 12.7. The molecule has 1 N–H and O–H groups in total. The lowest BCUT2D eigenvalue weighted by Crippen LogP contribution is -2.20. The van der Waals surface area contributed by atoms with E-state index < -0.39 is 0 Å². The molecule has 3 rings (SSSR count).